The fraction of sp³-hybridized carbons (Fsp3) is 0.727. The maximum absolute atomic E-state index is 10.9. The van der Waals surface area contributed by atoms with E-state index in [0.29, 0.717) is 6.04 Å². The molecule has 0 saturated heterocycles. The smallest absolute Gasteiger partial charge is 0.0951 e. The van der Waals surface area contributed by atoms with Crippen LogP contribution in [0.1, 0.15) is 31.0 Å². The minimum Gasteiger partial charge on any atom is -0.330 e. The first kappa shape index (κ1) is 11.8. The van der Waals surface area contributed by atoms with Crippen LogP contribution in [0, 0.1) is 0 Å². The highest BCUT2D eigenvalue weighted by molar-refractivity contribution is 7.84. The van der Waals surface area contributed by atoms with E-state index in [9.17, 15) is 4.21 Å². The molecule has 0 aromatic carbocycles. The van der Waals surface area contributed by atoms with Crippen LogP contribution < -0.4 is 5.32 Å². The lowest BCUT2D eigenvalue weighted by Crippen LogP contribution is -2.18. The number of imidazole rings is 1. The zero-order chi connectivity index (χ0) is 11.4. The van der Waals surface area contributed by atoms with Crippen LogP contribution in [0.25, 0.3) is 0 Å². The third-order valence-electron chi connectivity index (χ3n) is 2.78. The fourth-order valence-electron chi connectivity index (χ4n) is 1.77. The lowest BCUT2D eigenvalue weighted by Gasteiger charge is -2.07. The van der Waals surface area contributed by atoms with Crippen LogP contribution in [-0.2, 0) is 17.3 Å². The van der Waals surface area contributed by atoms with Crippen molar-refractivity contribution in [2.24, 2.45) is 0 Å². The predicted molar refractivity (Wildman–Crippen MR) is 65.8 cm³/mol. The predicted octanol–water partition coefficient (Wildman–Crippen LogP) is 1.08. The molecule has 0 aliphatic heterocycles. The number of aromatic nitrogens is 2. The van der Waals surface area contributed by atoms with Crippen molar-refractivity contribution in [2.75, 3.05) is 18.6 Å². The summed E-state index contributed by atoms with van der Waals surface area (Å²) in [5, 5.41) is 3.37. The summed E-state index contributed by atoms with van der Waals surface area (Å²) in [4.78, 5) is 4.18. The molecule has 1 saturated carbocycles. The Hall–Kier alpha value is -0.680. The van der Waals surface area contributed by atoms with E-state index in [0.717, 1.165) is 25.3 Å². The van der Waals surface area contributed by atoms with Crippen molar-refractivity contribution in [2.45, 2.75) is 31.8 Å². The molecule has 1 aliphatic rings. The number of nitrogens with one attached hydrogen (secondary N) is 1. The van der Waals surface area contributed by atoms with Gasteiger partial charge in [0.15, 0.2) is 0 Å². The SMILES string of the molecule is CS(=O)CCCNCc1cncn1C1CC1. The summed E-state index contributed by atoms with van der Waals surface area (Å²) in [5.74, 6) is 0.787. The second kappa shape index (κ2) is 5.59. The standard InChI is InChI=1S/C11H19N3OS/c1-16(15)6-2-5-12-7-11-8-13-9-14(11)10-3-4-10/h8-10,12H,2-7H2,1H3. The first-order valence-electron chi connectivity index (χ1n) is 5.79. The molecule has 0 radical (unpaired) electrons. The quantitative estimate of drug-likeness (QED) is 0.727. The summed E-state index contributed by atoms with van der Waals surface area (Å²) in [5.41, 5.74) is 1.26. The molecule has 4 nitrogen and oxygen atoms in total. The van der Waals surface area contributed by atoms with E-state index in [1.807, 2.05) is 12.5 Å². The molecule has 1 atom stereocenters. The van der Waals surface area contributed by atoms with Crippen molar-refractivity contribution < 1.29 is 4.21 Å². The third-order valence-corrected chi connectivity index (χ3v) is 3.64. The summed E-state index contributed by atoms with van der Waals surface area (Å²) >= 11 is 0. The molecule has 1 unspecified atom stereocenters. The van der Waals surface area contributed by atoms with E-state index in [1.165, 1.54) is 18.5 Å². The molecule has 1 fully saturated rings. The number of nitrogens with zero attached hydrogens (tertiary/aromatic N) is 2. The lowest BCUT2D eigenvalue weighted by atomic mass is 10.4. The van der Waals surface area contributed by atoms with Crippen LogP contribution in [0.4, 0.5) is 0 Å². The second-order valence-corrected chi connectivity index (χ2v) is 5.89. The van der Waals surface area contributed by atoms with Crippen LogP contribution in [0.2, 0.25) is 0 Å². The molecule has 90 valence electrons. The Labute approximate surface area is 98.9 Å². The Morgan fingerprint density at radius 1 is 1.62 bits per heavy atom. The summed E-state index contributed by atoms with van der Waals surface area (Å²) in [6.45, 7) is 1.79. The van der Waals surface area contributed by atoms with Gasteiger partial charge in [-0.15, -0.1) is 0 Å². The van der Waals surface area contributed by atoms with Crippen LogP contribution in [0.15, 0.2) is 12.5 Å². The molecule has 1 N–H and O–H groups in total. The molecule has 0 spiro atoms. The number of rotatable bonds is 7. The summed E-state index contributed by atoms with van der Waals surface area (Å²) in [6.07, 6.45) is 9.16. The average molecular weight is 241 g/mol. The maximum atomic E-state index is 10.9. The Bertz CT molecular complexity index is 360. The molecule has 1 aromatic rings. The van der Waals surface area contributed by atoms with Gasteiger partial charge >= 0.3 is 0 Å². The zero-order valence-corrected chi connectivity index (χ0v) is 10.5. The van der Waals surface area contributed by atoms with Crippen molar-refractivity contribution in [3.63, 3.8) is 0 Å². The van der Waals surface area contributed by atoms with Crippen molar-refractivity contribution in [3.05, 3.63) is 18.2 Å². The van der Waals surface area contributed by atoms with Crippen molar-refractivity contribution in [3.8, 4) is 0 Å². The monoisotopic (exact) mass is 241 g/mol. The molecule has 0 amide bonds. The first-order chi connectivity index (χ1) is 7.77. The first-order valence-corrected chi connectivity index (χ1v) is 7.51. The Morgan fingerprint density at radius 2 is 2.44 bits per heavy atom. The molecule has 5 heteroatoms. The van der Waals surface area contributed by atoms with Gasteiger partial charge in [0.2, 0.25) is 0 Å². The van der Waals surface area contributed by atoms with E-state index in [2.05, 4.69) is 14.9 Å². The van der Waals surface area contributed by atoms with Crippen molar-refractivity contribution in [1.82, 2.24) is 14.9 Å². The van der Waals surface area contributed by atoms with Gasteiger partial charge < -0.3 is 9.88 Å². The Balaban J connectivity index is 1.68. The van der Waals surface area contributed by atoms with Crippen LogP contribution in [0.3, 0.4) is 0 Å². The lowest BCUT2D eigenvalue weighted by molar-refractivity contribution is 0.614. The highest BCUT2D eigenvalue weighted by atomic mass is 32.2. The Morgan fingerprint density at radius 3 is 3.12 bits per heavy atom. The summed E-state index contributed by atoms with van der Waals surface area (Å²) in [6, 6.07) is 0.697. The zero-order valence-electron chi connectivity index (χ0n) is 9.69. The molecule has 0 bridgehead atoms. The number of hydrogen-bond donors (Lipinski definition) is 1. The maximum Gasteiger partial charge on any atom is 0.0951 e. The third kappa shape index (κ3) is 3.42. The topological polar surface area (TPSA) is 46.9 Å². The second-order valence-electron chi connectivity index (χ2n) is 4.33. The van der Waals surface area contributed by atoms with Gasteiger partial charge in [-0.3, -0.25) is 4.21 Å². The normalized spacial score (nSPS) is 17.6. The van der Waals surface area contributed by atoms with Crippen LogP contribution in [0.5, 0.6) is 0 Å². The molecular weight excluding hydrogens is 222 g/mol. The molecule has 16 heavy (non-hydrogen) atoms. The van der Waals surface area contributed by atoms with Gasteiger partial charge in [0.25, 0.3) is 0 Å². The van der Waals surface area contributed by atoms with Crippen molar-refractivity contribution in [1.29, 1.82) is 0 Å². The highest BCUT2D eigenvalue weighted by Gasteiger charge is 2.24. The molecule has 1 heterocycles. The van der Waals surface area contributed by atoms with Gasteiger partial charge in [-0.05, 0) is 25.8 Å². The van der Waals surface area contributed by atoms with Gasteiger partial charge in [0.1, 0.15) is 0 Å². The van der Waals surface area contributed by atoms with Gasteiger partial charge in [0.05, 0.1) is 12.0 Å². The van der Waals surface area contributed by atoms with Crippen molar-refractivity contribution >= 4 is 10.8 Å². The van der Waals surface area contributed by atoms with E-state index in [4.69, 9.17) is 0 Å². The number of hydrogen-bond acceptors (Lipinski definition) is 3. The molecule has 1 aliphatic carbocycles. The minimum absolute atomic E-state index is 0.665. The van der Waals surface area contributed by atoms with Gasteiger partial charge in [-0.2, -0.15) is 0 Å². The highest BCUT2D eigenvalue weighted by Crippen LogP contribution is 2.35. The largest absolute Gasteiger partial charge is 0.330 e. The van der Waals surface area contributed by atoms with E-state index >= 15 is 0 Å². The summed E-state index contributed by atoms with van der Waals surface area (Å²) in [7, 11) is -0.665. The molecular formula is C11H19N3OS. The van der Waals surface area contributed by atoms with E-state index < -0.39 is 10.8 Å². The minimum atomic E-state index is -0.665. The molecule has 2 rings (SSSR count). The van der Waals surface area contributed by atoms with Gasteiger partial charge in [-0.1, -0.05) is 0 Å². The molecule has 1 aromatic heterocycles. The fourth-order valence-corrected chi connectivity index (χ4v) is 2.32. The van der Waals surface area contributed by atoms with E-state index in [1.54, 1.807) is 6.26 Å². The van der Waals surface area contributed by atoms with Gasteiger partial charge in [0, 0.05) is 41.6 Å². The van der Waals surface area contributed by atoms with E-state index in [-0.39, 0.29) is 0 Å². The average Bonchev–Trinajstić information content (AvgIpc) is 2.98. The summed E-state index contributed by atoms with van der Waals surface area (Å²) < 4.78 is 13.1. The Kier molecular flexibility index (Phi) is 4.12. The van der Waals surface area contributed by atoms with Crippen LogP contribution in [-0.4, -0.2) is 32.3 Å². The van der Waals surface area contributed by atoms with Crippen LogP contribution >= 0.6 is 0 Å². The van der Waals surface area contributed by atoms with Gasteiger partial charge in [-0.25, -0.2) is 4.98 Å².